The lowest BCUT2D eigenvalue weighted by Crippen LogP contribution is -2.33. The Balaban J connectivity index is 1.68. The molecule has 2 fully saturated rings. The van der Waals surface area contributed by atoms with Crippen molar-refractivity contribution in [2.75, 3.05) is 10.6 Å². The van der Waals surface area contributed by atoms with Crippen LogP contribution < -0.4 is 10.6 Å². The number of hydrogen-bond donors (Lipinski definition) is 2. The molecule has 1 aromatic heterocycles. The Hall–Kier alpha value is -2.75. The standard InChI is InChI=1S/C21H17ClF5N3O2/c22-15-7-12(5-6-14(15)20(23,24)21(25,26)27)13-8-16(29-18(31)10-1-2-10)28-17(9-13)30-19(32)11-3-4-11/h5-11H,1-4H2,(H2,28,29,30,31,32). The quantitative estimate of drug-likeness (QED) is 0.524. The summed E-state index contributed by atoms with van der Waals surface area (Å²) in [5, 5.41) is 4.51. The maximum Gasteiger partial charge on any atom is 0.458 e. The summed E-state index contributed by atoms with van der Waals surface area (Å²) in [4.78, 5) is 28.5. The molecule has 1 heterocycles. The van der Waals surface area contributed by atoms with Gasteiger partial charge in [-0.1, -0.05) is 23.7 Å². The van der Waals surface area contributed by atoms with Crippen molar-refractivity contribution in [1.29, 1.82) is 0 Å². The highest BCUT2D eigenvalue weighted by atomic mass is 35.5. The Bertz CT molecular complexity index is 1040. The third kappa shape index (κ3) is 4.69. The van der Waals surface area contributed by atoms with Gasteiger partial charge in [0.15, 0.2) is 0 Å². The minimum absolute atomic E-state index is 0.117. The number of halogens is 6. The molecule has 0 spiro atoms. The van der Waals surface area contributed by atoms with Crippen LogP contribution in [-0.2, 0) is 15.5 Å². The Morgan fingerprint density at radius 1 is 0.844 bits per heavy atom. The number of amides is 2. The van der Waals surface area contributed by atoms with E-state index in [0.717, 1.165) is 37.8 Å². The zero-order valence-corrected chi connectivity index (χ0v) is 17.2. The summed E-state index contributed by atoms with van der Waals surface area (Å²) >= 11 is 5.78. The van der Waals surface area contributed by atoms with Crippen LogP contribution in [0.3, 0.4) is 0 Å². The van der Waals surface area contributed by atoms with Crippen molar-refractivity contribution in [3.05, 3.63) is 40.9 Å². The molecule has 0 aliphatic heterocycles. The van der Waals surface area contributed by atoms with E-state index in [9.17, 15) is 31.5 Å². The molecule has 2 aliphatic rings. The number of anilines is 2. The van der Waals surface area contributed by atoms with Crippen LogP contribution in [0.15, 0.2) is 30.3 Å². The maximum atomic E-state index is 13.7. The molecule has 2 aliphatic carbocycles. The second-order valence-corrected chi connectivity index (χ2v) is 8.33. The second-order valence-electron chi connectivity index (χ2n) is 7.92. The first-order valence-electron chi connectivity index (χ1n) is 9.84. The molecule has 0 saturated heterocycles. The molecule has 0 atom stereocenters. The van der Waals surface area contributed by atoms with Crippen molar-refractivity contribution < 1.29 is 31.5 Å². The van der Waals surface area contributed by atoms with Crippen molar-refractivity contribution in [2.24, 2.45) is 11.8 Å². The fraction of sp³-hybridized carbons (Fsp3) is 0.381. The molecule has 0 radical (unpaired) electrons. The number of alkyl halides is 5. The minimum Gasteiger partial charge on any atom is -0.310 e. The summed E-state index contributed by atoms with van der Waals surface area (Å²) in [6.07, 6.45) is -2.79. The molecule has 4 rings (SSSR count). The van der Waals surface area contributed by atoms with Crippen LogP contribution in [-0.4, -0.2) is 23.0 Å². The molecule has 32 heavy (non-hydrogen) atoms. The highest BCUT2D eigenvalue weighted by Crippen LogP contribution is 2.47. The van der Waals surface area contributed by atoms with Gasteiger partial charge in [0.2, 0.25) is 11.8 Å². The number of rotatable bonds is 6. The predicted octanol–water partition coefficient (Wildman–Crippen LogP) is 5.75. The van der Waals surface area contributed by atoms with Crippen molar-refractivity contribution in [3.63, 3.8) is 0 Å². The van der Waals surface area contributed by atoms with Crippen LogP contribution in [0.25, 0.3) is 11.1 Å². The van der Waals surface area contributed by atoms with Gasteiger partial charge < -0.3 is 10.6 Å². The second kappa shape index (κ2) is 7.99. The zero-order chi connectivity index (χ0) is 23.3. The van der Waals surface area contributed by atoms with E-state index in [1.807, 2.05) is 0 Å². The number of nitrogens with one attached hydrogen (secondary N) is 2. The van der Waals surface area contributed by atoms with Crippen LogP contribution in [0.1, 0.15) is 31.2 Å². The van der Waals surface area contributed by atoms with E-state index >= 15 is 0 Å². The number of benzene rings is 1. The van der Waals surface area contributed by atoms with Crippen molar-refractivity contribution in [1.82, 2.24) is 4.98 Å². The van der Waals surface area contributed by atoms with Crippen molar-refractivity contribution >= 4 is 35.1 Å². The molecule has 2 N–H and O–H groups in total. The minimum atomic E-state index is -5.80. The lowest BCUT2D eigenvalue weighted by atomic mass is 10.0. The topological polar surface area (TPSA) is 71.1 Å². The molecule has 5 nitrogen and oxygen atoms in total. The van der Waals surface area contributed by atoms with Gasteiger partial charge in [-0.25, -0.2) is 4.98 Å². The molecule has 0 unspecified atom stereocenters. The van der Waals surface area contributed by atoms with Crippen LogP contribution in [0.2, 0.25) is 5.02 Å². The summed E-state index contributed by atoms with van der Waals surface area (Å²) < 4.78 is 65.6. The number of aromatic nitrogens is 1. The average molecular weight is 474 g/mol. The van der Waals surface area contributed by atoms with Gasteiger partial charge in [-0.15, -0.1) is 0 Å². The molecule has 2 saturated carbocycles. The first kappa shape index (κ1) is 22.4. The smallest absolute Gasteiger partial charge is 0.310 e. The lowest BCUT2D eigenvalue weighted by molar-refractivity contribution is -0.289. The predicted molar refractivity (Wildman–Crippen MR) is 107 cm³/mol. The first-order valence-corrected chi connectivity index (χ1v) is 10.2. The van der Waals surface area contributed by atoms with Crippen molar-refractivity contribution in [3.8, 4) is 11.1 Å². The number of hydrogen-bond acceptors (Lipinski definition) is 3. The van der Waals surface area contributed by atoms with Crippen LogP contribution in [0.5, 0.6) is 0 Å². The Kier molecular flexibility index (Phi) is 5.60. The van der Waals surface area contributed by atoms with Gasteiger partial charge in [0.1, 0.15) is 11.6 Å². The van der Waals surface area contributed by atoms with Gasteiger partial charge in [-0.05, 0) is 55.0 Å². The Morgan fingerprint density at radius 2 is 1.34 bits per heavy atom. The third-order valence-corrected chi connectivity index (χ3v) is 5.53. The highest BCUT2D eigenvalue weighted by Gasteiger charge is 2.59. The van der Waals surface area contributed by atoms with Gasteiger partial charge in [-0.2, -0.15) is 22.0 Å². The normalized spacial score (nSPS) is 16.6. The monoisotopic (exact) mass is 473 g/mol. The molecule has 11 heteroatoms. The number of nitrogens with zero attached hydrogens (tertiary/aromatic N) is 1. The largest absolute Gasteiger partial charge is 0.458 e. The van der Waals surface area contributed by atoms with E-state index in [2.05, 4.69) is 15.6 Å². The van der Waals surface area contributed by atoms with Gasteiger partial charge in [-0.3, -0.25) is 9.59 Å². The van der Waals surface area contributed by atoms with Gasteiger partial charge in [0, 0.05) is 17.4 Å². The average Bonchev–Trinajstić information content (AvgIpc) is 3.59. The molecule has 170 valence electrons. The summed E-state index contributed by atoms with van der Waals surface area (Å²) in [5.74, 6) is -5.61. The van der Waals surface area contributed by atoms with E-state index in [-0.39, 0.29) is 40.8 Å². The van der Waals surface area contributed by atoms with Crippen LogP contribution in [0, 0.1) is 11.8 Å². The lowest BCUT2D eigenvalue weighted by Gasteiger charge is -2.21. The number of carbonyl (C=O) groups is 2. The summed E-state index contributed by atoms with van der Waals surface area (Å²) in [7, 11) is 0. The molecular weight excluding hydrogens is 457 g/mol. The maximum absolute atomic E-state index is 13.7. The van der Waals surface area contributed by atoms with Gasteiger partial charge >= 0.3 is 12.1 Å². The molecule has 2 aromatic rings. The molecule has 2 amide bonds. The molecule has 0 bridgehead atoms. The fourth-order valence-electron chi connectivity index (χ4n) is 3.07. The van der Waals surface area contributed by atoms with Crippen molar-refractivity contribution in [2.45, 2.75) is 37.8 Å². The summed E-state index contributed by atoms with van der Waals surface area (Å²) in [6, 6.07) is 5.51. The summed E-state index contributed by atoms with van der Waals surface area (Å²) in [6.45, 7) is 0. The first-order chi connectivity index (χ1) is 15.0. The zero-order valence-electron chi connectivity index (χ0n) is 16.4. The SMILES string of the molecule is O=C(Nc1cc(-c2ccc(C(F)(F)C(F)(F)F)c(Cl)c2)cc(NC(=O)C2CC2)n1)C1CC1. The molecule has 1 aromatic carbocycles. The number of pyridine rings is 1. The van der Waals surface area contributed by atoms with E-state index in [0.29, 0.717) is 11.6 Å². The van der Waals surface area contributed by atoms with Crippen LogP contribution >= 0.6 is 11.6 Å². The Morgan fingerprint density at radius 3 is 1.75 bits per heavy atom. The highest BCUT2D eigenvalue weighted by molar-refractivity contribution is 6.31. The number of carbonyl (C=O) groups excluding carboxylic acids is 2. The molecular formula is C21H17ClF5N3O2. The van der Waals surface area contributed by atoms with Crippen LogP contribution in [0.4, 0.5) is 33.6 Å². The van der Waals surface area contributed by atoms with E-state index in [4.69, 9.17) is 11.6 Å². The third-order valence-electron chi connectivity index (χ3n) is 5.22. The van der Waals surface area contributed by atoms with Gasteiger partial charge in [0.05, 0.1) is 5.02 Å². The Labute approximate surface area is 184 Å². The van der Waals surface area contributed by atoms with Gasteiger partial charge in [0.25, 0.3) is 0 Å². The fourth-order valence-corrected chi connectivity index (χ4v) is 3.37. The van der Waals surface area contributed by atoms with E-state index < -0.39 is 22.7 Å². The summed E-state index contributed by atoms with van der Waals surface area (Å²) in [5.41, 5.74) is -0.835. The van der Waals surface area contributed by atoms with E-state index in [1.165, 1.54) is 12.1 Å². The van der Waals surface area contributed by atoms with E-state index in [1.54, 1.807) is 0 Å².